The molecular formula is C24H26N4O5S. The molecule has 0 radical (unpaired) electrons. The molecule has 1 N–H and O–H groups in total. The molecule has 0 unspecified atom stereocenters. The zero-order valence-electron chi connectivity index (χ0n) is 19.0. The van der Waals surface area contributed by atoms with E-state index in [0.717, 1.165) is 5.82 Å². The summed E-state index contributed by atoms with van der Waals surface area (Å²) in [6, 6.07) is 17.0. The molecular weight excluding hydrogens is 456 g/mol. The van der Waals surface area contributed by atoms with Crippen molar-refractivity contribution >= 4 is 27.4 Å². The predicted molar refractivity (Wildman–Crippen MR) is 129 cm³/mol. The highest BCUT2D eigenvalue weighted by Crippen LogP contribution is 2.28. The normalized spacial score (nSPS) is 14.5. The number of methoxy groups -OCH3 is 2. The van der Waals surface area contributed by atoms with Crippen molar-refractivity contribution in [2.24, 2.45) is 0 Å². The maximum atomic E-state index is 12.8. The molecule has 3 aromatic rings. The summed E-state index contributed by atoms with van der Waals surface area (Å²) < 4.78 is 37.6. The standard InChI is InChI=1S/C24H26N4O5S/c1-32-21-10-8-18(16-22(21)33-2)24(29)26-19-9-11-23(25-17-19)27-12-14-28(15-13-27)34(30,31)20-6-4-3-5-7-20/h3-11,16-17H,12-15H2,1-2H3,(H,26,29). The van der Waals surface area contributed by atoms with Crippen molar-refractivity contribution in [2.45, 2.75) is 4.90 Å². The fourth-order valence-electron chi connectivity index (χ4n) is 3.73. The van der Waals surface area contributed by atoms with Crippen LogP contribution in [0.2, 0.25) is 0 Å². The highest BCUT2D eigenvalue weighted by molar-refractivity contribution is 7.89. The molecule has 0 atom stereocenters. The van der Waals surface area contributed by atoms with Crippen molar-refractivity contribution < 1.29 is 22.7 Å². The summed E-state index contributed by atoms with van der Waals surface area (Å²) in [6.07, 6.45) is 1.58. The average Bonchev–Trinajstić information content (AvgIpc) is 2.89. The van der Waals surface area contributed by atoms with Crippen molar-refractivity contribution in [3.63, 3.8) is 0 Å². The minimum absolute atomic E-state index is 0.296. The predicted octanol–water partition coefficient (Wildman–Crippen LogP) is 2.86. The molecule has 4 rings (SSSR count). The monoisotopic (exact) mass is 482 g/mol. The van der Waals surface area contributed by atoms with Crippen molar-refractivity contribution in [1.29, 1.82) is 0 Å². The molecule has 1 fully saturated rings. The van der Waals surface area contributed by atoms with Crippen molar-refractivity contribution in [1.82, 2.24) is 9.29 Å². The molecule has 1 saturated heterocycles. The molecule has 0 spiro atoms. The summed E-state index contributed by atoms with van der Waals surface area (Å²) in [7, 11) is -0.454. The van der Waals surface area contributed by atoms with Crippen LogP contribution in [0.1, 0.15) is 10.4 Å². The molecule has 9 nitrogen and oxygen atoms in total. The lowest BCUT2D eigenvalue weighted by Crippen LogP contribution is -2.48. The van der Waals surface area contributed by atoms with E-state index in [2.05, 4.69) is 10.3 Å². The van der Waals surface area contributed by atoms with E-state index in [1.807, 2.05) is 11.0 Å². The third-order valence-electron chi connectivity index (χ3n) is 5.60. The van der Waals surface area contributed by atoms with Crippen LogP contribution >= 0.6 is 0 Å². The Morgan fingerprint density at radius 1 is 0.912 bits per heavy atom. The Morgan fingerprint density at radius 3 is 2.24 bits per heavy atom. The smallest absolute Gasteiger partial charge is 0.255 e. The number of amides is 1. The number of nitrogens with zero attached hydrogens (tertiary/aromatic N) is 3. The second-order valence-corrected chi connectivity index (χ2v) is 9.57. The van der Waals surface area contributed by atoms with Crippen LogP contribution in [0.5, 0.6) is 11.5 Å². The van der Waals surface area contributed by atoms with Gasteiger partial charge in [-0.15, -0.1) is 0 Å². The second-order valence-electron chi connectivity index (χ2n) is 7.63. The van der Waals surface area contributed by atoms with E-state index in [-0.39, 0.29) is 5.91 Å². The summed E-state index contributed by atoms with van der Waals surface area (Å²) >= 11 is 0. The summed E-state index contributed by atoms with van der Waals surface area (Å²) in [5.41, 5.74) is 0.978. The van der Waals surface area contributed by atoms with E-state index >= 15 is 0 Å². The van der Waals surface area contributed by atoms with E-state index < -0.39 is 10.0 Å². The molecule has 0 aliphatic carbocycles. The zero-order chi connectivity index (χ0) is 24.1. The van der Waals surface area contributed by atoms with Gasteiger partial charge in [0.05, 0.1) is 31.0 Å². The first kappa shape index (κ1) is 23.5. The van der Waals surface area contributed by atoms with Gasteiger partial charge < -0.3 is 19.7 Å². The van der Waals surface area contributed by atoms with Gasteiger partial charge in [0.15, 0.2) is 11.5 Å². The third-order valence-corrected chi connectivity index (χ3v) is 7.51. The highest BCUT2D eigenvalue weighted by Gasteiger charge is 2.28. The number of carbonyl (C=O) groups excluding carboxylic acids is 1. The minimum atomic E-state index is -3.50. The highest BCUT2D eigenvalue weighted by atomic mass is 32.2. The molecule has 1 aliphatic heterocycles. The third kappa shape index (κ3) is 4.97. The molecule has 34 heavy (non-hydrogen) atoms. The van der Waals surface area contributed by atoms with Crippen LogP contribution in [0, 0.1) is 0 Å². The maximum absolute atomic E-state index is 12.8. The zero-order valence-corrected chi connectivity index (χ0v) is 19.8. The maximum Gasteiger partial charge on any atom is 0.255 e. The molecule has 0 saturated carbocycles. The Morgan fingerprint density at radius 2 is 1.62 bits per heavy atom. The minimum Gasteiger partial charge on any atom is -0.493 e. The van der Waals surface area contributed by atoms with Gasteiger partial charge >= 0.3 is 0 Å². The van der Waals surface area contributed by atoms with Gasteiger partial charge in [0, 0.05) is 31.7 Å². The van der Waals surface area contributed by atoms with Gasteiger partial charge in [0.2, 0.25) is 10.0 Å². The van der Waals surface area contributed by atoms with Gasteiger partial charge in [-0.25, -0.2) is 13.4 Å². The molecule has 1 amide bonds. The largest absolute Gasteiger partial charge is 0.493 e. The van der Waals surface area contributed by atoms with E-state index in [4.69, 9.17) is 9.47 Å². The first-order valence-corrected chi connectivity index (χ1v) is 12.2. The Labute approximate surface area is 199 Å². The number of aromatic nitrogens is 1. The molecule has 0 bridgehead atoms. The summed E-state index contributed by atoms with van der Waals surface area (Å²) in [5.74, 6) is 1.44. The number of rotatable bonds is 7. The van der Waals surface area contributed by atoms with Crippen LogP contribution in [0.4, 0.5) is 11.5 Å². The van der Waals surface area contributed by atoms with E-state index in [1.54, 1.807) is 60.8 Å². The van der Waals surface area contributed by atoms with Gasteiger partial charge in [0.25, 0.3) is 5.91 Å². The lowest BCUT2D eigenvalue weighted by atomic mass is 10.2. The fraction of sp³-hybridized carbons (Fsp3) is 0.250. The number of benzene rings is 2. The van der Waals surface area contributed by atoms with Crippen LogP contribution in [0.25, 0.3) is 0 Å². The van der Waals surface area contributed by atoms with Gasteiger partial charge in [-0.3, -0.25) is 4.79 Å². The number of hydrogen-bond acceptors (Lipinski definition) is 7. The number of piperazine rings is 1. The SMILES string of the molecule is COc1ccc(C(=O)Nc2ccc(N3CCN(S(=O)(=O)c4ccccc4)CC3)nc2)cc1OC. The number of hydrogen-bond donors (Lipinski definition) is 1. The number of nitrogens with one attached hydrogen (secondary N) is 1. The first-order valence-electron chi connectivity index (χ1n) is 10.7. The first-order chi connectivity index (χ1) is 16.4. The molecule has 2 aromatic carbocycles. The molecule has 1 aromatic heterocycles. The molecule has 2 heterocycles. The van der Waals surface area contributed by atoms with Crippen LogP contribution in [0.3, 0.4) is 0 Å². The summed E-state index contributed by atoms with van der Waals surface area (Å²) in [5, 5.41) is 2.82. The number of ether oxygens (including phenoxy) is 2. The number of anilines is 2. The molecule has 10 heteroatoms. The lowest BCUT2D eigenvalue weighted by Gasteiger charge is -2.34. The van der Waals surface area contributed by atoms with Crippen LogP contribution in [0.15, 0.2) is 71.8 Å². The molecule has 178 valence electrons. The Bertz CT molecular complexity index is 1240. The van der Waals surface area contributed by atoms with Gasteiger partial charge in [-0.2, -0.15) is 4.31 Å². The van der Waals surface area contributed by atoms with Gasteiger partial charge in [0.1, 0.15) is 5.82 Å². The van der Waals surface area contributed by atoms with Gasteiger partial charge in [-0.05, 0) is 42.5 Å². The summed E-state index contributed by atoms with van der Waals surface area (Å²) in [6.45, 7) is 1.79. The topological polar surface area (TPSA) is 101 Å². The lowest BCUT2D eigenvalue weighted by molar-refractivity contribution is 0.102. The van der Waals surface area contributed by atoms with Gasteiger partial charge in [-0.1, -0.05) is 18.2 Å². The Kier molecular flexibility index (Phi) is 6.99. The van der Waals surface area contributed by atoms with Crippen LogP contribution in [-0.4, -0.2) is 64.0 Å². The fourth-order valence-corrected chi connectivity index (χ4v) is 5.17. The number of sulfonamides is 1. The Balaban J connectivity index is 1.37. The second kappa shape index (κ2) is 10.1. The Hall–Kier alpha value is -3.63. The van der Waals surface area contributed by atoms with E-state index in [0.29, 0.717) is 53.8 Å². The van der Waals surface area contributed by atoms with E-state index in [9.17, 15) is 13.2 Å². The molecule has 1 aliphatic rings. The number of pyridine rings is 1. The van der Waals surface area contributed by atoms with Crippen molar-refractivity contribution in [3.05, 3.63) is 72.4 Å². The van der Waals surface area contributed by atoms with E-state index in [1.165, 1.54) is 18.5 Å². The quantitative estimate of drug-likeness (QED) is 0.553. The van der Waals surface area contributed by atoms with Crippen molar-refractivity contribution in [3.8, 4) is 11.5 Å². The number of carbonyl (C=O) groups is 1. The van der Waals surface area contributed by atoms with Crippen LogP contribution < -0.4 is 19.7 Å². The average molecular weight is 483 g/mol. The van der Waals surface area contributed by atoms with Crippen molar-refractivity contribution in [2.75, 3.05) is 50.6 Å². The summed E-state index contributed by atoms with van der Waals surface area (Å²) in [4.78, 5) is 19.4. The van der Waals surface area contributed by atoms with Crippen LogP contribution in [-0.2, 0) is 10.0 Å².